The molecular weight excluding hydrogens is 202 g/mol. The Hall–Kier alpha value is -1.26. The number of carbonyl (C=O) groups excluding carboxylic acids is 1. The molecule has 1 aromatic carbocycles. The molecule has 0 saturated carbocycles. The van der Waals surface area contributed by atoms with Crippen LogP contribution in [-0.2, 0) is 4.79 Å². The summed E-state index contributed by atoms with van der Waals surface area (Å²) in [5.74, 6) is -0.293. The zero-order valence-corrected chi connectivity index (χ0v) is 8.51. The highest BCUT2D eigenvalue weighted by atomic mass is 35.5. The van der Waals surface area contributed by atoms with Crippen molar-refractivity contribution < 1.29 is 4.79 Å². The van der Waals surface area contributed by atoms with Crippen molar-refractivity contribution in [3.8, 4) is 0 Å². The molecule has 14 heavy (non-hydrogen) atoms. The Labute approximate surface area is 87.2 Å². The average molecular weight is 214 g/mol. The maximum absolute atomic E-state index is 11.2. The van der Waals surface area contributed by atoms with Crippen LogP contribution in [0.15, 0.2) is 18.2 Å². The maximum atomic E-state index is 11.2. The van der Waals surface area contributed by atoms with Crippen molar-refractivity contribution >= 4 is 28.9 Å². The lowest BCUT2D eigenvalue weighted by Gasteiger charge is -2.10. The summed E-state index contributed by atoms with van der Waals surface area (Å²) in [4.78, 5) is 11.2. The quantitative estimate of drug-likeness (QED) is 0.646. The van der Waals surface area contributed by atoms with E-state index in [9.17, 15) is 4.79 Å². The van der Waals surface area contributed by atoms with Crippen molar-refractivity contribution in [2.45, 2.75) is 13.0 Å². The second-order valence-corrected chi connectivity index (χ2v) is 3.45. The van der Waals surface area contributed by atoms with Crippen LogP contribution in [0, 0.1) is 0 Å². The van der Waals surface area contributed by atoms with Crippen LogP contribution in [0.2, 0.25) is 5.02 Å². The predicted octanol–water partition coefficient (Wildman–Crippen LogP) is 1.21. The van der Waals surface area contributed by atoms with E-state index in [4.69, 9.17) is 23.1 Å². The first kappa shape index (κ1) is 10.8. The minimum Gasteiger partial charge on any atom is -0.397 e. The van der Waals surface area contributed by atoms with Crippen molar-refractivity contribution in [1.82, 2.24) is 0 Å². The third kappa shape index (κ3) is 2.61. The number of carbonyl (C=O) groups is 1. The molecule has 0 radical (unpaired) electrons. The van der Waals surface area contributed by atoms with Gasteiger partial charge < -0.3 is 16.8 Å². The van der Waals surface area contributed by atoms with E-state index in [0.29, 0.717) is 16.4 Å². The minimum absolute atomic E-state index is 0.293. The number of benzene rings is 1. The van der Waals surface area contributed by atoms with Crippen LogP contribution in [-0.4, -0.2) is 11.9 Å². The van der Waals surface area contributed by atoms with Gasteiger partial charge in [-0.15, -0.1) is 0 Å². The number of nitrogen functional groups attached to an aromatic ring is 1. The van der Waals surface area contributed by atoms with E-state index < -0.39 is 6.04 Å². The average Bonchev–Trinajstić information content (AvgIpc) is 2.11. The van der Waals surface area contributed by atoms with Gasteiger partial charge in [0.25, 0.3) is 0 Å². The summed E-state index contributed by atoms with van der Waals surface area (Å²) < 4.78 is 0. The molecule has 0 bridgehead atoms. The molecule has 1 aromatic rings. The summed E-state index contributed by atoms with van der Waals surface area (Å²) in [5, 5.41) is 3.09. The van der Waals surface area contributed by atoms with Gasteiger partial charge in [0.1, 0.15) is 0 Å². The SMILES string of the molecule is C[C@H](N)C(=O)Nc1cc(Cl)ccc1N. The first-order valence-corrected chi connectivity index (χ1v) is 4.50. The van der Waals surface area contributed by atoms with Gasteiger partial charge in [-0.1, -0.05) is 11.6 Å². The molecule has 76 valence electrons. The number of hydrogen-bond acceptors (Lipinski definition) is 3. The number of hydrogen-bond donors (Lipinski definition) is 3. The van der Waals surface area contributed by atoms with Crippen LogP contribution in [0.25, 0.3) is 0 Å². The summed E-state index contributed by atoms with van der Waals surface area (Å²) in [5.41, 5.74) is 12.0. The van der Waals surface area contributed by atoms with Crippen LogP contribution in [0.4, 0.5) is 11.4 Å². The summed E-state index contributed by atoms with van der Waals surface area (Å²) in [7, 11) is 0. The number of anilines is 2. The summed E-state index contributed by atoms with van der Waals surface area (Å²) in [6.07, 6.45) is 0. The van der Waals surface area contributed by atoms with E-state index >= 15 is 0 Å². The zero-order valence-electron chi connectivity index (χ0n) is 7.75. The van der Waals surface area contributed by atoms with Crippen molar-refractivity contribution in [1.29, 1.82) is 0 Å². The molecule has 1 amide bonds. The Balaban J connectivity index is 2.86. The summed E-state index contributed by atoms with van der Waals surface area (Å²) in [6, 6.07) is 4.28. The van der Waals surface area contributed by atoms with Gasteiger partial charge in [-0.05, 0) is 25.1 Å². The van der Waals surface area contributed by atoms with Gasteiger partial charge in [-0.2, -0.15) is 0 Å². The lowest BCUT2D eigenvalue weighted by molar-refractivity contribution is -0.117. The molecule has 0 spiro atoms. The summed E-state index contributed by atoms with van der Waals surface area (Å²) in [6.45, 7) is 1.59. The molecule has 5 heteroatoms. The number of rotatable bonds is 2. The molecule has 1 rings (SSSR count). The first-order chi connectivity index (χ1) is 6.50. The molecule has 0 saturated heterocycles. The lowest BCUT2D eigenvalue weighted by atomic mass is 10.2. The van der Waals surface area contributed by atoms with E-state index in [0.717, 1.165) is 0 Å². The van der Waals surface area contributed by atoms with Crippen molar-refractivity contribution in [3.63, 3.8) is 0 Å². The zero-order chi connectivity index (χ0) is 10.7. The van der Waals surface area contributed by atoms with Gasteiger partial charge in [0.05, 0.1) is 17.4 Å². The van der Waals surface area contributed by atoms with Crippen LogP contribution in [0.3, 0.4) is 0 Å². The van der Waals surface area contributed by atoms with Gasteiger partial charge in [0, 0.05) is 5.02 Å². The topological polar surface area (TPSA) is 81.1 Å². The van der Waals surface area contributed by atoms with E-state index in [1.165, 1.54) is 0 Å². The third-order valence-electron chi connectivity index (χ3n) is 1.69. The smallest absolute Gasteiger partial charge is 0.241 e. The molecule has 0 aromatic heterocycles. The fourth-order valence-corrected chi connectivity index (χ4v) is 1.06. The monoisotopic (exact) mass is 213 g/mol. The van der Waals surface area contributed by atoms with Crippen LogP contribution in [0.5, 0.6) is 0 Å². The summed E-state index contributed by atoms with van der Waals surface area (Å²) >= 11 is 5.74. The number of nitrogens with one attached hydrogen (secondary N) is 1. The van der Waals surface area contributed by atoms with Crippen LogP contribution in [0.1, 0.15) is 6.92 Å². The lowest BCUT2D eigenvalue weighted by Crippen LogP contribution is -2.32. The van der Waals surface area contributed by atoms with Gasteiger partial charge in [-0.3, -0.25) is 4.79 Å². The second-order valence-electron chi connectivity index (χ2n) is 3.01. The Kier molecular flexibility index (Phi) is 3.33. The van der Waals surface area contributed by atoms with Gasteiger partial charge >= 0.3 is 0 Å². The Morgan fingerprint density at radius 1 is 1.57 bits per heavy atom. The minimum atomic E-state index is -0.576. The predicted molar refractivity (Wildman–Crippen MR) is 58.1 cm³/mol. The number of halogens is 1. The molecule has 0 aliphatic heterocycles. The Morgan fingerprint density at radius 2 is 2.21 bits per heavy atom. The van der Waals surface area contributed by atoms with Crippen molar-refractivity contribution in [2.75, 3.05) is 11.1 Å². The van der Waals surface area contributed by atoms with Gasteiger partial charge in [-0.25, -0.2) is 0 Å². The number of amides is 1. The van der Waals surface area contributed by atoms with E-state index in [1.54, 1.807) is 25.1 Å². The maximum Gasteiger partial charge on any atom is 0.241 e. The molecule has 0 fully saturated rings. The largest absolute Gasteiger partial charge is 0.397 e. The van der Waals surface area contributed by atoms with Crippen LogP contribution >= 0.6 is 11.6 Å². The number of nitrogens with two attached hydrogens (primary N) is 2. The van der Waals surface area contributed by atoms with Gasteiger partial charge in [0.15, 0.2) is 0 Å². The molecule has 5 N–H and O–H groups in total. The van der Waals surface area contributed by atoms with Crippen molar-refractivity contribution in [2.24, 2.45) is 5.73 Å². The van der Waals surface area contributed by atoms with E-state index in [2.05, 4.69) is 5.32 Å². The normalized spacial score (nSPS) is 12.2. The molecule has 0 heterocycles. The van der Waals surface area contributed by atoms with Crippen molar-refractivity contribution in [3.05, 3.63) is 23.2 Å². The standard InChI is InChI=1S/C9H12ClN3O/c1-5(11)9(14)13-8-4-6(10)2-3-7(8)12/h2-5H,11-12H2,1H3,(H,13,14)/t5-/m0/s1. The van der Waals surface area contributed by atoms with Crippen LogP contribution < -0.4 is 16.8 Å². The van der Waals surface area contributed by atoms with Gasteiger partial charge in [0.2, 0.25) is 5.91 Å². The van der Waals surface area contributed by atoms with E-state index in [1.807, 2.05) is 0 Å². The third-order valence-corrected chi connectivity index (χ3v) is 1.92. The van der Waals surface area contributed by atoms with E-state index in [-0.39, 0.29) is 5.91 Å². The Bertz CT molecular complexity index is 352. The molecule has 0 aliphatic rings. The Morgan fingerprint density at radius 3 is 2.79 bits per heavy atom. The highest BCUT2D eigenvalue weighted by molar-refractivity contribution is 6.31. The highest BCUT2D eigenvalue weighted by Gasteiger charge is 2.09. The molecular formula is C9H12ClN3O. The molecule has 0 aliphatic carbocycles. The molecule has 1 atom stereocenters. The molecule has 4 nitrogen and oxygen atoms in total. The highest BCUT2D eigenvalue weighted by Crippen LogP contribution is 2.22. The fourth-order valence-electron chi connectivity index (χ4n) is 0.883. The second kappa shape index (κ2) is 4.30. The molecule has 0 unspecified atom stereocenters. The fraction of sp³-hybridized carbons (Fsp3) is 0.222. The first-order valence-electron chi connectivity index (χ1n) is 4.12.